The summed E-state index contributed by atoms with van der Waals surface area (Å²) in [6, 6.07) is 0. The Hall–Kier alpha value is -0.780. The summed E-state index contributed by atoms with van der Waals surface area (Å²) in [7, 11) is 0. The van der Waals surface area contributed by atoms with Gasteiger partial charge in [-0.05, 0) is 12.8 Å². The Bertz CT molecular complexity index is 446. The summed E-state index contributed by atoms with van der Waals surface area (Å²) in [6.07, 6.45) is 2.66. The van der Waals surface area contributed by atoms with Crippen LogP contribution in [0.4, 0.5) is 0 Å². The van der Waals surface area contributed by atoms with Gasteiger partial charge in [0.2, 0.25) is 0 Å². The summed E-state index contributed by atoms with van der Waals surface area (Å²) < 4.78 is 0. The first kappa shape index (κ1) is 10.4. The van der Waals surface area contributed by atoms with Gasteiger partial charge in [0.15, 0.2) is 0 Å². The van der Waals surface area contributed by atoms with Gasteiger partial charge in [-0.3, -0.25) is 0 Å². The van der Waals surface area contributed by atoms with E-state index in [1.54, 1.807) is 22.7 Å². The molecule has 84 valence electrons. The van der Waals surface area contributed by atoms with E-state index in [4.69, 9.17) is 0 Å². The van der Waals surface area contributed by atoms with Gasteiger partial charge in [0, 0.05) is 29.8 Å². The van der Waals surface area contributed by atoms with Gasteiger partial charge < -0.3 is 5.32 Å². The van der Waals surface area contributed by atoms with Gasteiger partial charge in [0.05, 0.1) is 16.9 Å². The lowest BCUT2D eigenvalue weighted by Crippen LogP contribution is -2.12. The average molecular weight is 251 g/mol. The first-order valence-corrected chi connectivity index (χ1v) is 7.26. The largest absolute Gasteiger partial charge is 0.305 e. The maximum absolute atomic E-state index is 4.63. The van der Waals surface area contributed by atoms with Crippen LogP contribution in [0.2, 0.25) is 0 Å². The zero-order valence-corrected chi connectivity index (χ0v) is 10.5. The molecule has 16 heavy (non-hydrogen) atoms. The molecule has 0 spiro atoms. The monoisotopic (exact) mass is 251 g/mol. The van der Waals surface area contributed by atoms with Crippen LogP contribution in [0.15, 0.2) is 16.3 Å². The standard InChI is InChI=1S/C11H13N3S2/c1-2-8(1)10-6-16-11(14-10)4-12-3-9-5-15-7-13-9/h5-8,12H,1-4H2. The molecule has 1 N–H and O–H groups in total. The summed E-state index contributed by atoms with van der Waals surface area (Å²) in [5, 5.41) is 8.84. The van der Waals surface area contributed by atoms with Gasteiger partial charge in [0.25, 0.3) is 0 Å². The van der Waals surface area contributed by atoms with E-state index in [2.05, 4.69) is 26.0 Å². The number of hydrogen-bond acceptors (Lipinski definition) is 5. The number of nitrogens with one attached hydrogen (secondary N) is 1. The number of thiazole rings is 2. The first-order valence-electron chi connectivity index (χ1n) is 5.44. The lowest BCUT2D eigenvalue weighted by atomic mass is 10.3. The summed E-state index contributed by atoms with van der Waals surface area (Å²) in [6.45, 7) is 1.69. The molecule has 3 nitrogen and oxygen atoms in total. The highest BCUT2D eigenvalue weighted by Crippen LogP contribution is 2.40. The van der Waals surface area contributed by atoms with Crippen LogP contribution in [0, 0.1) is 0 Å². The van der Waals surface area contributed by atoms with Crippen molar-refractivity contribution in [2.45, 2.75) is 31.8 Å². The molecule has 3 rings (SSSR count). The molecule has 1 aliphatic rings. The fourth-order valence-corrected chi connectivity index (χ4v) is 3.00. The highest BCUT2D eigenvalue weighted by atomic mass is 32.1. The van der Waals surface area contributed by atoms with Crippen molar-refractivity contribution in [3.63, 3.8) is 0 Å². The maximum Gasteiger partial charge on any atom is 0.107 e. The molecular weight excluding hydrogens is 238 g/mol. The van der Waals surface area contributed by atoms with Crippen molar-refractivity contribution in [1.29, 1.82) is 0 Å². The fourth-order valence-electron chi connectivity index (χ4n) is 1.60. The summed E-state index contributed by atoms with van der Waals surface area (Å²) in [5.41, 5.74) is 4.28. The minimum atomic E-state index is 0.767. The van der Waals surface area contributed by atoms with E-state index in [0.717, 1.165) is 24.7 Å². The van der Waals surface area contributed by atoms with Crippen molar-refractivity contribution in [2.75, 3.05) is 0 Å². The minimum absolute atomic E-state index is 0.767. The molecule has 0 aliphatic heterocycles. The lowest BCUT2D eigenvalue weighted by Gasteiger charge is -1.98. The second-order valence-electron chi connectivity index (χ2n) is 4.02. The normalized spacial score (nSPS) is 15.5. The average Bonchev–Trinajstić information content (AvgIpc) is 2.83. The third-order valence-corrected chi connectivity index (χ3v) is 4.13. The van der Waals surface area contributed by atoms with Crippen LogP contribution in [0.1, 0.15) is 35.2 Å². The molecule has 2 aromatic heterocycles. The van der Waals surface area contributed by atoms with Crippen LogP contribution < -0.4 is 5.32 Å². The van der Waals surface area contributed by atoms with Crippen LogP contribution in [0.25, 0.3) is 0 Å². The highest BCUT2D eigenvalue weighted by Gasteiger charge is 2.25. The van der Waals surface area contributed by atoms with E-state index in [1.165, 1.54) is 23.5 Å². The Morgan fingerprint density at radius 1 is 1.31 bits per heavy atom. The van der Waals surface area contributed by atoms with Crippen molar-refractivity contribution in [2.24, 2.45) is 0 Å². The van der Waals surface area contributed by atoms with Gasteiger partial charge >= 0.3 is 0 Å². The molecule has 2 aromatic rings. The number of aromatic nitrogens is 2. The molecule has 0 bridgehead atoms. The van der Waals surface area contributed by atoms with Crippen molar-refractivity contribution in [3.8, 4) is 0 Å². The van der Waals surface area contributed by atoms with E-state index in [9.17, 15) is 0 Å². The molecule has 1 saturated carbocycles. The second kappa shape index (κ2) is 4.61. The van der Waals surface area contributed by atoms with E-state index in [0.29, 0.717) is 0 Å². The van der Waals surface area contributed by atoms with Gasteiger partial charge in [0.1, 0.15) is 5.01 Å². The van der Waals surface area contributed by atoms with Crippen LogP contribution in [-0.4, -0.2) is 9.97 Å². The molecular formula is C11H13N3S2. The predicted octanol–water partition coefficient (Wildman–Crippen LogP) is 2.77. The van der Waals surface area contributed by atoms with E-state index in [-0.39, 0.29) is 0 Å². The summed E-state index contributed by atoms with van der Waals surface area (Å²) >= 11 is 3.40. The molecule has 1 aliphatic carbocycles. The zero-order valence-electron chi connectivity index (χ0n) is 8.85. The fraction of sp³-hybridized carbons (Fsp3) is 0.455. The number of rotatable bonds is 5. The Morgan fingerprint density at radius 3 is 3.00 bits per heavy atom. The van der Waals surface area contributed by atoms with Crippen molar-refractivity contribution in [3.05, 3.63) is 32.7 Å². The summed E-state index contributed by atoms with van der Waals surface area (Å²) in [5.74, 6) is 0.767. The molecule has 0 saturated heterocycles. The molecule has 1 fully saturated rings. The second-order valence-corrected chi connectivity index (χ2v) is 5.69. The third-order valence-electron chi connectivity index (χ3n) is 2.63. The molecule has 0 atom stereocenters. The smallest absolute Gasteiger partial charge is 0.107 e. The lowest BCUT2D eigenvalue weighted by molar-refractivity contribution is 0.677. The Morgan fingerprint density at radius 2 is 2.25 bits per heavy atom. The van der Waals surface area contributed by atoms with Crippen molar-refractivity contribution < 1.29 is 0 Å². The summed E-state index contributed by atoms with van der Waals surface area (Å²) in [4.78, 5) is 8.86. The van der Waals surface area contributed by atoms with Crippen LogP contribution in [0.3, 0.4) is 0 Å². The quantitative estimate of drug-likeness (QED) is 0.888. The van der Waals surface area contributed by atoms with Crippen LogP contribution >= 0.6 is 22.7 Å². The molecule has 0 amide bonds. The van der Waals surface area contributed by atoms with Crippen LogP contribution in [-0.2, 0) is 13.1 Å². The van der Waals surface area contributed by atoms with Crippen LogP contribution in [0.5, 0.6) is 0 Å². The van der Waals surface area contributed by atoms with Crippen molar-refractivity contribution >= 4 is 22.7 Å². The SMILES string of the molecule is c1nc(CNCc2nc(C3CC3)cs2)cs1. The number of hydrogen-bond donors (Lipinski definition) is 1. The topological polar surface area (TPSA) is 37.8 Å². The highest BCUT2D eigenvalue weighted by molar-refractivity contribution is 7.09. The molecule has 5 heteroatoms. The van der Waals surface area contributed by atoms with Gasteiger partial charge in [-0.1, -0.05) is 0 Å². The number of nitrogens with zero attached hydrogens (tertiary/aromatic N) is 2. The molecule has 0 unspecified atom stereocenters. The third kappa shape index (κ3) is 2.48. The minimum Gasteiger partial charge on any atom is -0.305 e. The Balaban J connectivity index is 1.50. The zero-order chi connectivity index (χ0) is 10.8. The van der Waals surface area contributed by atoms with E-state index in [1.807, 2.05) is 5.51 Å². The van der Waals surface area contributed by atoms with Gasteiger partial charge in [-0.25, -0.2) is 9.97 Å². The van der Waals surface area contributed by atoms with Gasteiger partial charge in [-0.15, -0.1) is 22.7 Å². The van der Waals surface area contributed by atoms with E-state index >= 15 is 0 Å². The van der Waals surface area contributed by atoms with E-state index < -0.39 is 0 Å². The Kier molecular flexibility index (Phi) is 2.99. The molecule has 0 radical (unpaired) electrons. The maximum atomic E-state index is 4.63. The van der Waals surface area contributed by atoms with Crippen molar-refractivity contribution in [1.82, 2.24) is 15.3 Å². The first-order chi connectivity index (χ1) is 7.92. The molecule has 0 aromatic carbocycles. The Labute approximate surface area is 103 Å². The molecule has 2 heterocycles. The van der Waals surface area contributed by atoms with Gasteiger partial charge in [-0.2, -0.15) is 0 Å². The predicted molar refractivity (Wildman–Crippen MR) is 66.7 cm³/mol.